The molecule has 0 spiro atoms. The fourth-order valence-corrected chi connectivity index (χ4v) is 2.95. The average Bonchev–Trinajstić information content (AvgIpc) is 3.00. The maximum atomic E-state index is 12.7. The van der Waals surface area contributed by atoms with Crippen molar-refractivity contribution >= 4 is 22.5 Å². The van der Waals surface area contributed by atoms with Crippen molar-refractivity contribution in [2.45, 2.75) is 13.1 Å². The molecule has 2 aromatic heterocycles. The Bertz CT molecular complexity index is 1270. The van der Waals surface area contributed by atoms with Crippen molar-refractivity contribution in [2.75, 3.05) is 5.73 Å². The standard InChI is InChI=1S/C19H15F3N6O/c1-11-24-14-4-2-3-5-15(14)27(11)17-10-16(23)28(29)18(26-17)25-13-8-6-12(7-9-13)19(20,21)22/h2-10,29H,23H2,1H3. The van der Waals surface area contributed by atoms with E-state index in [1.54, 1.807) is 11.5 Å². The fourth-order valence-electron chi connectivity index (χ4n) is 2.95. The van der Waals surface area contributed by atoms with E-state index < -0.39 is 11.7 Å². The molecular formula is C19H15F3N6O. The molecule has 0 saturated heterocycles. The van der Waals surface area contributed by atoms with Crippen LogP contribution in [0.15, 0.2) is 59.6 Å². The number of benzene rings is 2. The summed E-state index contributed by atoms with van der Waals surface area (Å²) in [7, 11) is 0. The first-order chi connectivity index (χ1) is 13.7. The van der Waals surface area contributed by atoms with Gasteiger partial charge in [-0.2, -0.15) is 18.2 Å². The van der Waals surface area contributed by atoms with Crippen LogP contribution in [0.25, 0.3) is 16.9 Å². The van der Waals surface area contributed by atoms with Gasteiger partial charge in [-0.05, 0) is 43.3 Å². The zero-order valence-corrected chi connectivity index (χ0v) is 15.1. The van der Waals surface area contributed by atoms with Gasteiger partial charge in [0, 0.05) is 6.07 Å². The van der Waals surface area contributed by atoms with Crippen LogP contribution in [0, 0.1) is 6.92 Å². The van der Waals surface area contributed by atoms with Crippen LogP contribution in [0.3, 0.4) is 0 Å². The summed E-state index contributed by atoms with van der Waals surface area (Å²) in [6.07, 6.45) is -4.45. The summed E-state index contributed by atoms with van der Waals surface area (Å²) in [5.74, 6) is 0.969. The van der Waals surface area contributed by atoms with Gasteiger partial charge in [-0.3, -0.25) is 4.57 Å². The number of hydrogen-bond acceptors (Lipinski definition) is 5. The Morgan fingerprint density at radius 3 is 2.41 bits per heavy atom. The molecule has 0 aliphatic carbocycles. The van der Waals surface area contributed by atoms with E-state index in [1.807, 2.05) is 24.3 Å². The Morgan fingerprint density at radius 1 is 1.03 bits per heavy atom. The molecule has 0 unspecified atom stereocenters. The molecule has 4 aromatic rings. The second-order valence-corrected chi connectivity index (χ2v) is 6.29. The van der Waals surface area contributed by atoms with E-state index in [9.17, 15) is 18.4 Å². The molecule has 2 aromatic carbocycles. The summed E-state index contributed by atoms with van der Waals surface area (Å²) >= 11 is 0. The summed E-state index contributed by atoms with van der Waals surface area (Å²) in [5, 5.41) is 10.2. The van der Waals surface area contributed by atoms with Crippen LogP contribution in [0.2, 0.25) is 0 Å². The minimum Gasteiger partial charge on any atom is -0.423 e. The molecule has 148 valence electrons. The fraction of sp³-hybridized carbons (Fsp3) is 0.105. The van der Waals surface area contributed by atoms with Crippen molar-refractivity contribution in [3.8, 4) is 5.82 Å². The molecule has 0 aliphatic rings. The van der Waals surface area contributed by atoms with E-state index >= 15 is 0 Å². The van der Waals surface area contributed by atoms with E-state index in [4.69, 9.17) is 5.73 Å². The molecule has 0 atom stereocenters. The molecule has 7 nitrogen and oxygen atoms in total. The number of fused-ring (bicyclic) bond motifs is 1. The van der Waals surface area contributed by atoms with Gasteiger partial charge in [0.1, 0.15) is 17.5 Å². The summed E-state index contributed by atoms with van der Waals surface area (Å²) < 4.78 is 40.5. The minimum atomic E-state index is -4.45. The van der Waals surface area contributed by atoms with Crippen molar-refractivity contribution in [1.82, 2.24) is 19.3 Å². The number of aryl methyl sites for hydroxylation is 1. The Kier molecular flexibility index (Phi) is 4.26. The highest BCUT2D eigenvalue weighted by molar-refractivity contribution is 5.77. The van der Waals surface area contributed by atoms with Gasteiger partial charge in [0.05, 0.1) is 22.3 Å². The number of aromatic nitrogens is 4. The van der Waals surface area contributed by atoms with Crippen LogP contribution < -0.4 is 11.4 Å². The largest absolute Gasteiger partial charge is 0.423 e. The summed E-state index contributed by atoms with van der Waals surface area (Å²) in [5.41, 5.74) is 6.63. The van der Waals surface area contributed by atoms with Crippen molar-refractivity contribution in [2.24, 2.45) is 4.99 Å². The molecular weight excluding hydrogens is 385 g/mol. The number of nitrogen functional groups attached to an aromatic ring is 1. The van der Waals surface area contributed by atoms with Crippen LogP contribution in [0.5, 0.6) is 0 Å². The highest BCUT2D eigenvalue weighted by atomic mass is 19.4. The van der Waals surface area contributed by atoms with Crippen LogP contribution in [-0.4, -0.2) is 24.5 Å². The van der Waals surface area contributed by atoms with Crippen molar-refractivity contribution in [1.29, 1.82) is 0 Å². The third-order valence-corrected chi connectivity index (χ3v) is 4.31. The highest BCUT2D eigenvalue weighted by Gasteiger charge is 2.29. The van der Waals surface area contributed by atoms with Gasteiger partial charge >= 0.3 is 6.18 Å². The second kappa shape index (κ2) is 6.66. The minimum absolute atomic E-state index is 0.0437. The number of imidazole rings is 1. The Balaban J connectivity index is 1.86. The molecule has 0 aliphatic heterocycles. The van der Waals surface area contributed by atoms with Crippen LogP contribution in [0.1, 0.15) is 11.4 Å². The second-order valence-electron chi connectivity index (χ2n) is 6.29. The van der Waals surface area contributed by atoms with Gasteiger partial charge in [0.25, 0.3) is 5.62 Å². The molecule has 0 amide bonds. The molecule has 0 saturated carbocycles. The first kappa shape index (κ1) is 18.5. The summed E-state index contributed by atoms with van der Waals surface area (Å²) in [6, 6.07) is 13.1. The quantitative estimate of drug-likeness (QED) is 0.503. The number of rotatable bonds is 2. The lowest BCUT2D eigenvalue weighted by atomic mass is 10.2. The lowest BCUT2D eigenvalue weighted by Crippen LogP contribution is -2.26. The predicted molar refractivity (Wildman–Crippen MR) is 99.9 cm³/mol. The van der Waals surface area contributed by atoms with Crippen LogP contribution in [-0.2, 0) is 6.18 Å². The first-order valence-electron chi connectivity index (χ1n) is 8.49. The van der Waals surface area contributed by atoms with Crippen molar-refractivity contribution < 1.29 is 18.4 Å². The number of nitrogens with two attached hydrogens (primary N) is 1. The maximum absolute atomic E-state index is 12.7. The van der Waals surface area contributed by atoms with E-state index in [2.05, 4.69) is 15.0 Å². The van der Waals surface area contributed by atoms with Gasteiger partial charge in [0.2, 0.25) is 0 Å². The number of hydrogen-bond donors (Lipinski definition) is 2. The van der Waals surface area contributed by atoms with Crippen LogP contribution in [0.4, 0.5) is 24.7 Å². The lowest BCUT2D eigenvalue weighted by Gasteiger charge is -2.10. The third-order valence-electron chi connectivity index (χ3n) is 4.31. The number of halogens is 3. The zero-order chi connectivity index (χ0) is 20.8. The monoisotopic (exact) mass is 400 g/mol. The molecule has 3 N–H and O–H groups in total. The normalized spacial score (nSPS) is 12.6. The highest BCUT2D eigenvalue weighted by Crippen LogP contribution is 2.30. The van der Waals surface area contributed by atoms with Gasteiger partial charge < -0.3 is 10.9 Å². The maximum Gasteiger partial charge on any atom is 0.416 e. The topological polar surface area (TPSA) is 94.2 Å². The molecule has 10 heteroatoms. The third kappa shape index (κ3) is 3.40. The smallest absolute Gasteiger partial charge is 0.416 e. The Labute approximate surface area is 162 Å². The molecule has 2 heterocycles. The van der Waals surface area contributed by atoms with Crippen molar-refractivity contribution in [3.05, 3.63) is 71.6 Å². The Hall–Kier alpha value is -3.82. The van der Waals surface area contributed by atoms with Crippen LogP contribution >= 0.6 is 0 Å². The molecule has 29 heavy (non-hydrogen) atoms. The molecule has 0 bridgehead atoms. The van der Waals surface area contributed by atoms with Gasteiger partial charge in [-0.1, -0.05) is 12.1 Å². The number of alkyl halides is 3. The average molecular weight is 400 g/mol. The van der Waals surface area contributed by atoms with Gasteiger partial charge in [-0.15, -0.1) is 4.73 Å². The molecule has 0 fully saturated rings. The van der Waals surface area contributed by atoms with Crippen molar-refractivity contribution in [3.63, 3.8) is 0 Å². The van der Waals surface area contributed by atoms with E-state index in [-0.39, 0.29) is 17.1 Å². The Morgan fingerprint density at radius 2 is 1.72 bits per heavy atom. The number of nitrogens with zero attached hydrogens (tertiary/aromatic N) is 5. The summed E-state index contributed by atoms with van der Waals surface area (Å²) in [4.78, 5) is 12.9. The molecule has 0 radical (unpaired) electrons. The number of para-hydroxylation sites is 2. The lowest BCUT2D eigenvalue weighted by molar-refractivity contribution is -0.137. The van der Waals surface area contributed by atoms with Gasteiger partial charge in [-0.25, -0.2) is 9.98 Å². The molecule has 4 rings (SSSR count). The van der Waals surface area contributed by atoms with E-state index in [1.165, 1.54) is 18.2 Å². The zero-order valence-electron chi connectivity index (χ0n) is 15.1. The summed E-state index contributed by atoms with van der Waals surface area (Å²) in [6.45, 7) is 1.80. The van der Waals surface area contributed by atoms with Gasteiger partial charge in [0.15, 0.2) is 0 Å². The first-order valence-corrected chi connectivity index (χ1v) is 8.49. The predicted octanol–water partition coefficient (Wildman–Crippen LogP) is 3.60. The van der Waals surface area contributed by atoms with E-state index in [0.717, 1.165) is 23.2 Å². The van der Waals surface area contributed by atoms with E-state index in [0.29, 0.717) is 16.4 Å². The SMILES string of the molecule is Cc1nc2ccccc2n1-c1cc(N)n(O)c(=Nc2ccc(C(F)(F)F)cc2)n1. The number of anilines is 1.